The molecule has 0 aromatic heterocycles. The topological polar surface area (TPSA) is 29.1 Å². The molecule has 3 heteroatoms. The molecular formula is C27H36FNO. The Morgan fingerprint density at radius 1 is 1.13 bits per heavy atom. The Balaban J connectivity index is 3.23. The van der Waals surface area contributed by atoms with Gasteiger partial charge in [-0.3, -0.25) is 4.79 Å². The van der Waals surface area contributed by atoms with E-state index in [1.165, 1.54) is 0 Å². The second-order valence-corrected chi connectivity index (χ2v) is 7.88. The van der Waals surface area contributed by atoms with Crippen molar-refractivity contribution in [3.8, 4) is 0 Å². The van der Waals surface area contributed by atoms with Crippen molar-refractivity contribution in [2.24, 2.45) is 0 Å². The van der Waals surface area contributed by atoms with E-state index < -0.39 is 0 Å². The summed E-state index contributed by atoms with van der Waals surface area (Å²) in [5, 5.41) is 3.05. The lowest BCUT2D eigenvalue weighted by Gasteiger charge is -2.15. The summed E-state index contributed by atoms with van der Waals surface area (Å²) >= 11 is 0. The minimum Gasteiger partial charge on any atom is -0.350 e. The molecule has 0 bridgehead atoms. The van der Waals surface area contributed by atoms with Crippen molar-refractivity contribution in [2.75, 3.05) is 0 Å². The summed E-state index contributed by atoms with van der Waals surface area (Å²) < 4.78 is 14.5. The van der Waals surface area contributed by atoms with Crippen LogP contribution in [0.1, 0.15) is 65.5 Å². The summed E-state index contributed by atoms with van der Waals surface area (Å²) in [6, 6.07) is 5.45. The lowest BCUT2D eigenvalue weighted by atomic mass is 9.96. The van der Waals surface area contributed by atoms with Gasteiger partial charge in [0.25, 0.3) is 0 Å². The van der Waals surface area contributed by atoms with E-state index in [2.05, 4.69) is 32.3 Å². The Morgan fingerprint density at radius 3 is 2.23 bits per heavy atom. The molecule has 0 aliphatic rings. The van der Waals surface area contributed by atoms with Crippen molar-refractivity contribution in [3.05, 3.63) is 88.8 Å². The molecule has 0 saturated carbocycles. The Hall–Kier alpha value is -2.68. The van der Waals surface area contributed by atoms with Crippen LogP contribution in [-0.4, -0.2) is 11.9 Å². The van der Waals surface area contributed by atoms with Gasteiger partial charge < -0.3 is 5.32 Å². The van der Waals surface area contributed by atoms with Crippen molar-refractivity contribution in [3.63, 3.8) is 0 Å². The molecule has 0 aliphatic heterocycles. The first-order chi connectivity index (χ1) is 14.1. The van der Waals surface area contributed by atoms with Crippen molar-refractivity contribution in [1.29, 1.82) is 0 Å². The molecule has 0 heterocycles. The van der Waals surface area contributed by atoms with E-state index in [0.717, 1.165) is 40.7 Å². The number of hydrogen-bond acceptors (Lipinski definition) is 1. The number of rotatable bonds is 10. The van der Waals surface area contributed by atoms with E-state index in [9.17, 15) is 9.18 Å². The van der Waals surface area contributed by atoms with Gasteiger partial charge in [0.1, 0.15) is 5.82 Å². The largest absolute Gasteiger partial charge is 0.350 e. The maximum Gasteiger partial charge on any atom is 0.247 e. The van der Waals surface area contributed by atoms with Gasteiger partial charge in [0, 0.05) is 11.6 Å². The number of nitrogens with one attached hydrogen (secondary N) is 1. The first-order valence-electron chi connectivity index (χ1n) is 10.6. The van der Waals surface area contributed by atoms with Gasteiger partial charge in [0.2, 0.25) is 5.91 Å². The minimum absolute atomic E-state index is 0.0759. The van der Waals surface area contributed by atoms with Gasteiger partial charge >= 0.3 is 0 Å². The molecule has 1 aromatic carbocycles. The molecule has 0 saturated heterocycles. The molecule has 0 spiro atoms. The predicted molar refractivity (Wildman–Crippen MR) is 128 cm³/mol. The number of allylic oxidation sites excluding steroid dienone is 7. The molecule has 0 radical (unpaired) electrons. The third-order valence-electron chi connectivity index (χ3n) is 5.04. The summed E-state index contributed by atoms with van der Waals surface area (Å²) in [7, 11) is 0. The highest BCUT2D eigenvalue weighted by molar-refractivity contribution is 5.94. The average Bonchev–Trinajstić information content (AvgIpc) is 2.69. The number of halogens is 1. The average molecular weight is 410 g/mol. The van der Waals surface area contributed by atoms with Crippen molar-refractivity contribution < 1.29 is 9.18 Å². The number of carbonyl (C=O) groups excluding carboxylic acids is 1. The fourth-order valence-corrected chi connectivity index (χ4v) is 3.08. The van der Waals surface area contributed by atoms with Crippen LogP contribution >= 0.6 is 0 Å². The zero-order chi connectivity index (χ0) is 22.8. The highest BCUT2D eigenvalue weighted by Crippen LogP contribution is 2.24. The molecule has 162 valence electrons. The van der Waals surface area contributed by atoms with Gasteiger partial charge in [-0.2, -0.15) is 0 Å². The van der Waals surface area contributed by atoms with Crippen LogP contribution in [0.5, 0.6) is 0 Å². The molecule has 1 amide bonds. The van der Waals surface area contributed by atoms with E-state index in [-0.39, 0.29) is 17.8 Å². The van der Waals surface area contributed by atoms with Crippen LogP contribution in [-0.2, 0) is 11.2 Å². The molecule has 1 aromatic rings. The van der Waals surface area contributed by atoms with Crippen LogP contribution < -0.4 is 5.32 Å². The van der Waals surface area contributed by atoms with Gasteiger partial charge in [0.15, 0.2) is 0 Å². The normalized spacial score (nSPS) is 12.9. The lowest BCUT2D eigenvalue weighted by Crippen LogP contribution is -2.34. The summed E-state index contributed by atoms with van der Waals surface area (Å²) in [6.07, 6.45) is 8.04. The van der Waals surface area contributed by atoms with E-state index >= 15 is 0 Å². The zero-order valence-corrected chi connectivity index (χ0v) is 19.4. The van der Waals surface area contributed by atoms with Crippen molar-refractivity contribution in [1.82, 2.24) is 5.32 Å². The van der Waals surface area contributed by atoms with Crippen molar-refractivity contribution >= 4 is 11.5 Å². The Bertz CT molecular complexity index is 882. The highest BCUT2D eigenvalue weighted by Gasteiger charge is 2.11. The Labute approximate surface area is 182 Å². The minimum atomic E-state index is -0.239. The smallest absolute Gasteiger partial charge is 0.247 e. The van der Waals surface area contributed by atoms with Crippen LogP contribution in [0.3, 0.4) is 0 Å². The molecule has 0 aliphatic carbocycles. The lowest BCUT2D eigenvalue weighted by molar-refractivity contribution is -0.118. The predicted octanol–water partition coefficient (Wildman–Crippen LogP) is 7.10. The van der Waals surface area contributed by atoms with Gasteiger partial charge in [-0.15, -0.1) is 0 Å². The number of benzene rings is 1. The molecule has 1 N–H and O–H groups in total. The monoisotopic (exact) mass is 409 g/mol. The zero-order valence-electron chi connectivity index (χ0n) is 19.4. The third kappa shape index (κ3) is 7.62. The summed E-state index contributed by atoms with van der Waals surface area (Å²) in [5.41, 5.74) is 5.51. The van der Waals surface area contributed by atoms with E-state index in [1.54, 1.807) is 19.1 Å². The molecule has 1 rings (SSSR count). The molecule has 0 atom stereocenters. The first kappa shape index (κ1) is 25.4. The van der Waals surface area contributed by atoms with Crippen molar-refractivity contribution in [2.45, 2.75) is 66.8 Å². The van der Waals surface area contributed by atoms with Crippen LogP contribution in [0.2, 0.25) is 0 Å². The second kappa shape index (κ2) is 12.1. The maximum atomic E-state index is 14.5. The van der Waals surface area contributed by atoms with Crippen LogP contribution in [0, 0.1) is 5.82 Å². The number of carbonyl (C=O) groups is 1. The Kier molecular flexibility index (Phi) is 10.2. The van der Waals surface area contributed by atoms with Gasteiger partial charge in [0.05, 0.1) is 0 Å². The fraction of sp³-hybridized carbons (Fsp3) is 0.370. The standard InChI is InChI=1S/C27H36FNO/c1-9-21(22-12-13-23(14-18(4)5)26(28)17-22)16-24(19(6)7)15-20(8)27(30)29-25(10-2)11-3/h9,12-13,15-17,25H,4,6,10-11,14H2,1-3,5,7-8H3,(H,29,30)/b20-15+,21-9?,24-16-. The van der Waals surface area contributed by atoms with Gasteiger partial charge in [-0.05, 0) is 87.4 Å². The second-order valence-electron chi connectivity index (χ2n) is 7.88. The third-order valence-corrected chi connectivity index (χ3v) is 5.04. The summed E-state index contributed by atoms with van der Waals surface area (Å²) in [4.78, 5) is 12.5. The van der Waals surface area contributed by atoms with E-state index in [1.807, 2.05) is 45.1 Å². The van der Waals surface area contributed by atoms with Crippen LogP contribution in [0.25, 0.3) is 5.57 Å². The van der Waals surface area contributed by atoms with Gasteiger partial charge in [-0.25, -0.2) is 4.39 Å². The van der Waals surface area contributed by atoms with E-state index in [4.69, 9.17) is 0 Å². The summed E-state index contributed by atoms with van der Waals surface area (Å²) in [6.45, 7) is 19.5. The molecule has 0 fully saturated rings. The Morgan fingerprint density at radius 2 is 1.77 bits per heavy atom. The maximum absolute atomic E-state index is 14.5. The SMILES string of the molecule is C=C(C)Cc1ccc(C(=CC)/C=C(/C=C(\C)C(=O)NC(CC)CC)C(=C)C)cc1F. The van der Waals surface area contributed by atoms with Gasteiger partial charge in [-0.1, -0.05) is 56.4 Å². The first-order valence-corrected chi connectivity index (χ1v) is 10.6. The molecular weight excluding hydrogens is 373 g/mol. The fourth-order valence-electron chi connectivity index (χ4n) is 3.08. The van der Waals surface area contributed by atoms with Crippen LogP contribution in [0.4, 0.5) is 4.39 Å². The highest BCUT2D eigenvalue weighted by atomic mass is 19.1. The quantitative estimate of drug-likeness (QED) is 0.249. The van der Waals surface area contributed by atoms with E-state index in [0.29, 0.717) is 17.6 Å². The number of hydrogen-bond donors (Lipinski definition) is 1. The number of amides is 1. The molecule has 2 nitrogen and oxygen atoms in total. The summed E-state index contributed by atoms with van der Waals surface area (Å²) in [5.74, 6) is -0.315. The van der Waals surface area contributed by atoms with Crippen LogP contribution in [0.15, 0.2) is 71.9 Å². The molecule has 0 unspecified atom stereocenters. The molecule has 30 heavy (non-hydrogen) atoms.